The predicted octanol–water partition coefficient (Wildman–Crippen LogP) is 4.62. The maximum Gasteiger partial charge on any atom is 0.534 e. The second kappa shape index (κ2) is 12.3. The molecule has 41 heavy (non-hydrogen) atoms. The Bertz CT molecular complexity index is 1430. The summed E-state index contributed by atoms with van der Waals surface area (Å²) in [5, 5.41) is 0. The van der Waals surface area contributed by atoms with Crippen LogP contribution >= 0.6 is 0 Å². The standard InChI is InChI=1S/C27H27F3N2O8S/c1-2-38-25(34)19-12-13-20-18(10-7-15-32(20)26(35)39-16-17-8-4-3-5-9-17)22(19)24(33)23-21(11-6-14-31-23)40-41(36,37)27(28,29)30/h3-6,8-9,11,13-14,18-19,22H,2,7,10,12,15-16H2,1H3/t18-,19-,22-/m1/s1. The smallest absolute Gasteiger partial charge is 0.466 e. The van der Waals surface area contributed by atoms with Crippen molar-refractivity contribution >= 4 is 28.0 Å². The Balaban J connectivity index is 1.66. The maximum atomic E-state index is 13.9. The molecule has 1 aromatic heterocycles. The van der Waals surface area contributed by atoms with Gasteiger partial charge in [0.05, 0.1) is 12.5 Å². The van der Waals surface area contributed by atoms with Crippen LogP contribution in [0.25, 0.3) is 0 Å². The molecule has 1 fully saturated rings. The number of carbonyl (C=O) groups excluding carboxylic acids is 3. The van der Waals surface area contributed by atoms with Crippen LogP contribution in [-0.2, 0) is 31.0 Å². The second-order valence-corrected chi connectivity index (χ2v) is 10.9. The Hall–Kier alpha value is -3.94. The number of halogens is 3. The molecule has 1 aliphatic heterocycles. The number of allylic oxidation sites excluding steroid dienone is 2. The lowest BCUT2D eigenvalue weighted by Crippen LogP contribution is -2.47. The van der Waals surface area contributed by atoms with E-state index < -0.39 is 62.7 Å². The summed E-state index contributed by atoms with van der Waals surface area (Å²) in [4.78, 5) is 45.1. The monoisotopic (exact) mass is 596 g/mol. The van der Waals surface area contributed by atoms with Gasteiger partial charge in [0.2, 0.25) is 0 Å². The normalized spacial score (nSPS) is 20.8. The van der Waals surface area contributed by atoms with E-state index in [0.717, 1.165) is 23.9 Å². The zero-order valence-corrected chi connectivity index (χ0v) is 22.7. The number of likely N-dealkylation sites (tertiary alicyclic amines) is 1. The van der Waals surface area contributed by atoms with Crippen molar-refractivity contribution < 1.29 is 49.6 Å². The van der Waals surface area contributed by atoms with Gasteiger partial charge in [0.15, 0.2) is 11.5 Å². The van der Waals surface area contributed by atoms with Gasteiger partial charge in [-0.2, -0.15) is 21.6 Å². The summed E-state index contributed by atoms with van der Waals surface area (Å²) in [5.41, 5.74) is -5.25. The minimum Gasteiger partial charge on any atom is -0.466 e. The van der Waals surface area contributed by atoms with Crippen molar-refractivity contribution in [3.63, 3.8) is 0 Å². The van der Waals surface area contributed by atoms with E-state index in [0.29, 0.717) is 18.5 Å². The molecule has 1 aliphatic carbocycles. The summed E-state index contributed by atoms with van der Waals surface area (Å²) in [7, 11) is -6.11. The zero-order valence-electron chi connectivity index (χ0n) is 21.9. The number of rotatable bonds is 8. The van der Waals surface area contributed by atoms with E-state index in [1.807, 2.05) is 6.07 Å². The van der Waals surface area contributed by atoms with E-state index in [4.69, 9.17) is 9.47 Å². The molecule has 4 rings (SSSR count). The molecule has 2 heterocycles. The van der Waals surface area contributed by atoms with E-state index in [-0.39, 0.29) is 26.2 Å². The number of amides is 1. The number of nitrogens with zero attached hydrogens (tertiary/aromatic N) is 2. The number of fused-ring (bicyclic) bond motifs is 1. The number of carbonyl (C=O) groups is 3. The van der Waals surface area contributed by atoms with Gasteiger partial charge in [-0.15, -0.1) is 0 Å². The summed E-state index contributed by atoms with van der Waals surface area (Å²) in [5.74, 6) is -5.59. The average Bonchev–Trinajstić information content (AvgIpc) is 2.94. The predicted molar refractivity (Wildman–Crippen MR) is 137 cm³/mol. The van der Waals surface area contributed by atoms with Gasteiger partial charge in [0.1, 0.15) is 12.3 Å². The lowest BCUT2D eigenvalue weighted by Gasteiger charge is -2.43. The highest BCUT2D eigenvalue weighted by molar-refractivity contribution is 7.88. The molecule has 1 aromatic carbocycles. The van der Waals surface area contributed by atoms with Crippen molar-refractivity contribution in [1.29, 1.82) is 0 Å². The first kappa shape index (κ1) is 30.0. The van der Waals surface area contributed by atoms with Crippen LogP contribution in [0.3, 0.4) is 0 Å². The van der Waals surface area contributed by atoms with E-state index in [1.165, 1.54) is 4.90 Å². The summed E-state index contributed by atoms with van der Waals surface area (Å²) < 4.78 is 77.5. The minimum atomic E-state index is -6.11. The number of esters is 1. The van der Waals surface area contributed by atoms with E-state index in [2.05, 4.69) is 9.17 Å². The van der Waals surface area contributed by atoms with Crippen LogP contribution in [0.4, 0.5) is 18.0 Å². The number of benzene rings is 1. The van der Waals surface area contributed by atoms with Crippen molar-refractivity contribution in [2.75, 3.05) is 13.2 Å². The number of hydrogen-bond acceptors (Lipinski definition) is 9. The third kappa shape index (κ3) is 6.53. The van der Waals surface area contributed by atoms with Crippen LogP contribution in [0.2, 0.25) is 0 Å². The van der Waals surface area contributed by atoms with E-state index in [1.54, 1.807) is 37.3 Å². The van der Waals surface area contributed by atoms with Crippen molar-refractivity contribution in [3.8, 4) is 5.75 Å². The molecular weight excluding hydrogens is 569 g/mol. The Morgan fingerprint density at radius 3 is 2.49 bits per heavy atom. The molecule has 0 unspecified atom stereocenters. The van der Waals surface area contributed by atoms with Gasteiger partial charge >= 0.3 is 27.7 Å². The highest BCUT2D eigenvalue weighted by Gasteiger charge is 2.51. The summed E-state index contributed by atoms with van der Waals surface area (Å²) in [6, 6.07) is 11.0. The first-order valence-electron chi connectivity index (χ1n) is 12.8. The average molecular weight is 597 g/mol. The van der Waals surface area contributed by atoms with Crippen LogP contribution in [0, 0.1) is 17.8 Å². The first-order chi connectivity index (χ1) is 19.4. The number of aromatic nitrogens is 1. The quantitative estimate of drug-likeness (QED) is 0.185. The molecule has 1 saturated heterocycles. The summed E-state index contributed by atoms with van der Waals surface area (Å²) >= 11 is 0. The third-order valence-electron chi connectivity index (χ3n) is 6.84. The zero-order chi connectivity index (χ0) is 29.8. The van der Waals surface area contributed by atoms with Crippen molar-refractivity contribution in [1.82, 2.24) is 9.88 Å². The lowest BCUT2D eigenvalue weighted by atomic mass is 9.68. The van der Waals surface area contributed by atoms with Crippen LogP contribution in [0.15, 0.2) is 60.4 Å². The lowest BCUT2D eigenvalue weighted by molar-refractivity contribution is -0.150. The van der Waals surface area contributed by atoms with Crippen LogP contribution in [0.1, 0.15) is 42.2 Å². The molecular formula is C27H27F3N2O8S. The highest BCUT2D eigenvalue weighted by atomic mass is 32.2. The fourth-order valence-electron chi connectivity index (χ4n) is 5.06. The Kier molecular flexibility index (Phi) is 9.00. The highest BCUT2D eigenvalue weighted by Crippen LogP contribution is 2.45. The van der Waals surface area contributed by atoms with Crippen LogP contribution in [-0.4, -0.2) is 54.8 Å². The third-order valence-corrected chi connectivity index (χ3v) is 7.81. The van der Waals surface area contributed by atoms with Gasteiger partial charge in [-0.25, -0.2) is 9.78 Å². The molecule has 0 spiro atoms. The number of pyridine rings is 1. The molecule has 2 aromatic rings. The number of piperidine rings is 1. The molecule has 1 amide bonds. The molecule has 220 valence electrons. The molecule has 2 aliphatic rings. The van der Waals surface area contributed by atoms with E-state index in [9.17, 15) is 36.0 Å². The molecule has 0 N–H and O–H groups in total. The number of ketones is 1. The Labute approximate surface area is 234 Å². The molecule has 0 radical (unpaired) electrons. The van der Waals surface area contributed by atoms with Crippen molar-refractivity contribution in [2.24, 2.45) is 17.8 Å². The fourth-order valence-corrected chi connectivity index (χ4v) is 5.53. The summed E-state index contributed by atoms with van der Waals surface area (Å²) in [6.07, 6.45) is 2.84. The molecule has 10 nitrogen and oxygen atoms in total. The number of Topliss-reactive ketones (excluding diaryl/α,β-unsaturated/α-hetero) is 1. The molecule has 14 heteroatoms. The minimum absolute atomic E-state index is 0.00421. The fraction of sp³-hybridized carbons (Fsp3) is 0.407. The topological polar surface area (TPSA) is 129 Å². The van der Waals surface area contributed by atoms with Gasteiger partial charge in [0.25, 0.3) is 0 Å². The first-order valence-corrected chi connectivity index (χ1v) is 14.2. The van der Waals surface area contributed by atoms with Gasteiger partial charge < -0.3 is 13.7 Å². The maximum absolute atomic E-state index is 13.9. The molecule has 0 bridgehead atoms. The van der Waals surface area contributed by atoms with E-state index >= 15 is 0 Å². The molecule has 3 atom stereocenters. The molecule has 0 saturated carbocycles. The van der Waals surface area contributed by atoms with Gasteiger partial charge in [-0.05, 0) is 43.9 Å². The van der Waals surface area contributed by atoms with Gasteiger partial charge in [-0.3, -0.25) is 14.5 Å². The van der Waals surface area contributed by atoms with Gasteiger partial charge in [-0.1, -0.05) is 36.4 Å². The van der Waals surface area contributed by atoms with Crippen LogP contribution < -0.4 is 4.18 Å². The van der Waals surface area contributed by atoms with Crippen molar-refractivity contribution in [3.05, 3.63) is 71.7 Å². The second-order valence-electron chi connectivity index (χ2n) is 9.39. The number of alkyl halides is 3. The SMILES string of the molecule is CCOC(=O)[C@@H]1CC=C2[C@@H](CCCN2C(=O)OCc2ccccc2)[C@H]1C(=O)c1ncccc1OS(=O)(=O)C(F)(F)F. The number of hydrogen-bond donors (Lipinski definition) is 0. The number of ether oxygens (including phenoxy) is 2. The van der Waals surface area contributed by atoms with Crippen molar-refractivity contribution in [2.45, 2.75) is 38.3 Å². The Morgan fingerprint density at radius 1 is 1.07 bits per heavy atom. The largest absolute Gasteiger partial charge is 0.534 e. The Morgan fingerprint density at radius 2 is 1.80 bits per heavy atom. The van der Waals surface area contributed by atoms with Gasteiger partial charge in [0, 0.05) is 30.3 Å². The van der Waals surface area contributed by atoms with Crippen LogP contribution in [0.5, 0.6) is 5.75 Å². The summed E-state index contributed by atoms with van der Waals surface area (Å²) in [6.45, 7) is 1.88.